The zero-order valence-electron chi connectivity index (χ0n) is 15.5. The van der Waals surface area contributed by atoms with Gasteiger partial charge in [-0.25, -0.2) is 4.39 Å². The van der Waals surface area contributed by atoms with Crippen molar-refractivity contribution in [2.24, 2.45) is 7.05 Å². The molecule has 0 N–H and O–H groups in total. The first-order valence-electron chi connectivity index (χ1n) is 9.05. The van der Waals surface area contributed by atoms with E-state index in [1.54, 1.807) is 23.5 Å². The molecule has 0 aliphatic heterocycles. The van der Waals surface area contributed by atoms with Gasteiger partial charge < -0.3 is 0 Å². The number of fused-ring (bicyclic) bond motifs is 4. The largest absolute Gasteiger partial charge is 0.214 e. The normalized spacial score (nSPS) is 11.7. The van der Waals surface area contributed by atoms with Crippen LogP contribution in [0.1, 0.15) is 11.1 Å². The number of aromatic nitrogens is 1. The molecule has 0 aliphatic rings. The molecule has 3 heteroatoms. The van der Waals surface area contributed by atoms with E-state index in [2.05, 4.69) is 67.9 Å². The molecule has 27 heavy (non-hydrogen) atoms. The van der Waals surface area contributed by atoms with E-state index in [1.807, 2.05) is 6.07 Å². The van der Waals surface area contributed by atoms with Crippen LogP contribution in [0.5, 0.6) is 0 Å². The lowest BCUT2D eigenvalue weighted by molar-refractivity contribution is -0.633. The van der Waals surface area contributed by atoms with Crippen molar-refractivity contribution in [3.05, 3.63) is 77.6 Å². The van der Waals surface area contributed by atoms with Gasteiger partial charge in [-0.3, -0.25) is 0 Å². The summed E-state index contributed by atoms with van der Waals surface area (Å²) in [4.78, 5) is 0. The Bertz CT molecular complexity index is 1360. The third-order valence-corrected chi connectivity index (χ3v) is 6.77. The van der Waals surface area contributed by atoms with Crippen LogP contribution in [0.2, 0.25) is 0 Å². The molecule has 0 atom stereocenters. The van der Waals surface area contributed by atoms with Crippen LogP contribution in [0, 0.1) is 19.7 Å². The number of hydrogen-bond donors (Lipinski definition) is 0. The molecule has 2 aromatic heterocycles. The number of hydrogen-bond acceptors (Lipinski definition) is 1. The van der Waals surface area contributed by atoms with Crippen LogP contribution in [0.3, 0.4) is 0 Å². The summed E-state index contributed by atoms with van der Waals surface area (Å²) in [6.45, 7) is 4.34. The molecule has 0 saturated carbocycles. The van der Waals surface area contributed by atoms with Gasteiger partial charge in [0.2, 0.25) is 11.2 Å². The number of nitrogens with zero attached hydrogens (tertiary/aromatic N) is 1. The third-order valence-electron chi connectivity index (χ3n) is 5.58. The molecular formula is C24H19FNS+. The molecule has 1 nitrogen and oxygen atoms in total. The van der Waals surface area contributed by atoms with Crippen molar-refractivity contribution in [3.63, 3.8) is 0 Å². The Hall–Kier alpha value is -2.78. The van der Waals surface area contributed by atoms with E-state index in [0.29, 0.717) is 0 Å². The average molecular weight is 372 g/mol. The first kappa shape index (κ1) is 16.4. The number of benzene rings is 3. The first-order chi connectivity index (χ1) is 13.0. The van der Waals surface area contributed by atoms with Crippen LogP contribution in [-0.2, 0) is 7.05 Å². The molecule has 0 fully saturated rings. The molecule has 5 rings (SSSR count). The van der Waals surface area contributed by atoms with Crippen molar-refractivity contribution in [3.8, 4) is 11.3 Å². The van der Waals surface area contributed by atoms with Gasteiger partial charge in [-0.15, -0.1) is 11.3 Å². The molecular weight excluding hydrogens is 353 g/mol. The summed E-state index contributed by atoms with van der Waals surface area (Å²) < 4.78 is 18.3. The zero-order valence-corrected chi connectivity index (χ0v) is 16.3. The van der Waals surface area contributed by atoms with Gasteiger partial charge in [0.25, 0.3) is 0 Å². The Morgan fingerprint density at radius 1 is 0.889 bits per heavy atom. The molecule has 0 bridgehead atoms. The highest BCUT2D eigenvalue weighted by Crippen LogP contribution is 2.42. The van der Waals surface area contributed by atoms with Crippen LogP contribution in [0.25, 0.3) is 42.3 Å². The quantitative estimate of drug-likeness (QED) is 0.298. The minimum absolute atomic E-state index is 0.180. The molecule has 5 aromatic rings. The lowest BCUT2D eigenvalue weighted by Crippen LogP contribution is -2.32. The van der Waals surface area contributed by atoms with E-state index >= 15 is 0 Å². The summed E-state index contributed by atoms with van der Waals surface area (Å²) in [5.74, 6) is -0.180. The van der Waals surface area contributed by atoms with Crippen molar-refractivity contribution in [1.82, 2.24) is 0 Å². The predicted molar refractivity (Wildman–Crippen MR) is 113 cm³/mol. The van der Waals surface area contributed by atoms with E-state index in [1.165, 1.54) is 43.4 Å². The summed E-state index contributed by atoms with van der Waals surface area (Å²) >= 11 is 1.68. The van der Waals surface area contributed by atoms with Crippen molar-refractivity contribution in [2.75, 3.05) is 0 Å². The second-order valence-corrected chi connectivity index (χ2v) is 8.20. The van der Waals surface area contributed by atoms with Gasteiger partial charge in [0, 0.05) is 37.7 Å². The smallest absolute Gasteiger partial charge is 0.207 e. The Labute approximate surface area is 161 Å². The second kappa shape index (κ2) is 5.86. The van der Waals surface area contributed by atoms with Gasteiger partial charge in [-0.05, 0) is 55.3 Å². The molecule has 0 saturated heterocycles. The van der Waals surface area contributed by atoms with Gasteiger partial charge in [0.1, 0.15) is 12.9 Å². The van der Waals surface area contributed by atoms with Crippen LogP contribution in [0.15, 0.2) is 60.7 Å². The fourth-order valence-electron chi connectivity index (χ4n) is 4.02. The summed E-state index contributed by atoms with van der Waals surface area (Å²) in [6, 6.07) is 20.2. The van der Waals surface area contributed by atoms with Crippen LogP contribution in [0.4, 0.5) is 4.39 Å². The highest BCUT2D eigenvalue weighted by Gasteiger charge is 2.22. The number of aryl methyl sites for hydroxylation is 2. The van der Waals surface area contributed by atoms with Crippen LogP contribution < -0.4 is 4.57 Å². The maximum absolute atomic E-state index is 13.8. The third kappa shape index (κ3) is 2.38. The van der Waals surface area contributed by atoms with Crippen molar-refractivity contribution in [1.29, 1.82) is 0 Å². The van der Waals surface area contributed by atoms with E-state index in [4.69, 9.17) is 0 Å². The number of rotatable bonds is 1. The lowest BCUT2D eigenvalue weighted by Gasteiger charge is -2.10. The van der Waals surface area contributed by atoms with Gasteiger partial charge in [0.05, 0.1) is 5.56 Å². The number of thiophene rings is 1. The van der Waals surface area contributed by atoms with Crippen molar-refractivity contribution < 1.29 is 8.96 Å². The van der Waals surface area contributed by atoms with Crippen molar-refractivity contribution >= 4 is 42.4 Å². The number of para-hydroxylation sites is 1. The standard InChI is InChI=1S/C24H19FNS/c1-14-12-19-18-10-9-17(25)13-22(18)27-24(19)23(15(14)2)21-11-8-16-6-4-5-7-20(16)26(21)3/h4-13H,1-3H3/q+1. The van der Waals surface area contributed by atoms with Gasteiger partial charge in [0.15, 0.2) is 0 Å². The van der Waals surface area contributed by atoms with E-state index in [-0.39, 0.29) is 5.82 Å². The molecule has 0 aliphatic carbocycles. The fraction of sp³-hybridized carbons (Fsp3) is 0.125. The Morgan fingerprint density at radius 3 is 2.56 bits per heavy atom. The summed E-state index contributed by atoms with van der Waals surface area (Å²) in [6.07, 6.45) is 0. The molecule has 0 amide bonds. The maximum Gasteiger partial charge on any atom is 0.214 e. The van der Waals surface area contributed by atoms with E-state index in [0.717, 1.165) is 10.1 Å². The van der Waals surface area contributed by atoms with E-state index in [9.17, 15) is 4.39 Å². The molecule has 2 heterocycles. The average Bonchev–Trinajstić information content (AvgIpc) is 3.01. The van der Waals surface area contributed by atoms with Crippen LogP contribution in [-0.4, -0.2) is 0 Å². The van der Waals surface area contributed by atoms with Crippen molar-refractivity contribution in [2.45, 2.75) is 13.8 Å². The molecule has 0 unspecified atom stereocenters. The minimum atomic E-state index is -0.180. The molecule has 3 aromatic carbocycles. The molecule has 132 valence electrons. The fourth-order valence-corrected chi connectivity index (χ4v) is 5.33. The van der Waals surface area contributed by atoms with E-state index < -0.39 is 0 Å². The zero-order chi connectivity index (χ0) is 18.7. The van der Waals surface area contributed by atoms with Crippen LogP contribution >= 0.6 is 11.3 Å². The molecule has 0 spiro atoms. The minimum Gasteiger partial charge on any atom is -0.207 e. The maximum atomic E-state index is 13.8. The summed E-state index contributed by atoms with van der Waals surface area (Å²) in [5, 5.41) is 3.56. The number of halogens is 1. The van der Waals surface area contributed by atoms with Gasteiger partial charge in [-0.2, -0.15) is 4.57 Å². The first-order valence-corrected chi connectivity index (χ1v) is 9.86. The predicted octanol–water partition coefficient (Wildman–Crippen LogP) is 6.46. The SMILES string of the molecule is Cc1cc2c(sc3cc(F)ccc32)c(-c2ccc3ccccc3[n+]2C)c1C. The topological polar surface area (TPSA) is 3.88 Å². The Morgan fingerprint density at radius 2 is 1.70 bits per heavy atom. The second-order valence-electron chi connectivity index (χ2n) is 7.15. The Kier molecular flexibility index (Phi) is 3.56. The summed E-state index contributed by atoms with van der Waals surface area (Å²) in [7, 11) is 2.12. The van der Waals surface area contributed by atoms with Gasteiger partial charge in [-0.1, -0.05) is 18.2 Å². The highest BCUT2D eigenvalue weighted by molar-refractivity contribution is 7.26. The summed E-state index contributed by atoms with van der Waals surface area (Å²) in [5.41, 5.74) is 6.18. The van der Waals surface area contributed by atoms with Gasteiger partial charge >= 0.3 is 0 Å². The Balaban J connectivity index is 1.94. The lowest BCUT2D eigenvalue weighted by atomic mass is 9.96. The number of pyridine rings is 1. The monoisotopic (exact) mass is 372 g/mol. The highest BCUT2D eigenvalue weighted by atomic mass is 32.1. The molecule has 0 radical (unpaired) electrons.